The molecule has 1 atom stereocenters. The molecule has 0 saturated carbocycles. The number of ether oxygens (including phenoxy) is 1. The van der Waals surface area contributed by atoms with Crippen LogP contribution in [0.2, 0.25) is 10.0 Å². The quantitative estimate of drug-likeness (QED) is 0.276. The molecule has 0 aliphatic rings. The monoisotopic (exact) mass is 349 g/mol. The number of carbonyl (C=O) groups excluding carboxylic acids is 2. The molecule has 1 amide bonds. The van der Waals surface area contributed by atoms with Crippen LogP contribution in [-0.2, 0) is 14.3 Å². The van der Waals surface area contributed by atoms with Crippen molar-refractivity contribution in [2.45, 2.75) is 13.0 Å². The van der Waals surface area contributed by atoms with Gasteiger partial charge in [-0.2, -0.15) is 0 Å². The van der Waals surface area contributed by atoms with Crippen molar-refractivity contribution in [2.24, 2.45) is 5.18 Å². The van der Waals surface area contributed by atoms with Crippen LogP contribution in [0.4, 0.5) is 11.4 Å². The van der Waals surface area contributed by atoms with Gasteiger partial charge < -0.3 is 10.1 Å². The Morgan fingerprint density at radius 1 is 1.45 bits per heavy atom. The van der Waals surface area contributed by atoms with Gasteiger partial charge in [0.1, 0.15) is 10.7 Å². The van der Waals surface area contributed by atoms with Crippen molar-refractivity contribution in [3.63, 3.8) is 0 Å². The van der Waals surface area contributed by atoms with Gasteiger partial charge in [0, 0.05) is 0 Å². The van der Waals surface area contributed by atoms with Gasteiger partial charge in [-0.25, -0.2) is 4.79 Å². The number of hydrogen-bond donors (Lipinski definition) is 1. The lowest BCUT2D eigenvalue weighted by Crippen LogP contribution is -2.34. The predicted molar refractivity (Wildman–Crippen MR) is 78.0 cm³/mol. The van der Waals surface area contributed by atoms with Gasteiger partial charge in [-0.1, -0.05) is 23.2 Å². The Hall–Kier alpha value is -2.26. The number of carbonyl (C=O) groups is 2. The summed E-state index contributed by atoms with van der Waals surface area (Å²) in [6.45, 7) is 1.41. The molecule has 1 N–H and O–H groups in total. The first-order chi connectivity index (χ1) is 10.3. The first kappa shape index (κ1) is 17.8. The molecular weight excluding hydrogens is 341 g/mol. The van der Waals surface area contributed by atoms with Gasteiger partial charge in [0.25, 0.3) is 11.9 Å². The number of nitroso groups, excluding NO2 is 1. The fraction of sp³-hybridized carbons (Fsp3) is 0.273. The maximum Gasteiger partial charge on any atom is 0.344 e. The molecule has 118 valence electrons. The maximum absolute atomic E-state index is 11.8. The highest BCUT2D eigenvalue weighted by Crippen LogP contribution is 2.37. The lowest BCUT2D eigenvalue weighted by Gasteiger charge is -2.10. The first-order valence-corrected chi connectivity index (χ1v) is 6.51. The van der Waals surface area contributed by atoms with Crippen LogP contribution in [0.15, 0.2) is 17.3 Å². The largest absolute Gasteiger partial charge is 0.464 e. The topological polar surface area (TPSA) is 128 Å². The number of esters is 1. The van der Waals surface area contributed by atoms with Crippen LogP contribution in [0.25, 0.3) is 0 Å². The van der Waals surface area contributed by atoms with E-state index in [0.29, 0.717) is 0 Å². The van der Waals surface area contributed by atoms with Crippen molar-refractivity contribution in [1.29, 1.82) is 0 Å². The Morgan fingerprint density at radius 3 is 2.59 bits per heavy atom. The summed E-state index contributed by atoms with van der Waals surface area (Å²) in [6.07, 6.45) is 0. The minimum Gasteiger partial charge on any atom is -0.464 e. The summed E-state index contributed by atoms with van der Waals surface area (Å²) in [5, 5.41) is 14.9. The van der Waals surface area contributed by atoms with Gasteiger partial charge in [-0.3, -0.25) is 14.9 Å². The molecule has 0 aromatic heterocycles. The van der Waals surface area contributed by atoms with Crippen molar-refractivity contribution in [1.82, 2.24) is 0 Å². The minimum absolute atomic E-state index is 0.0644. The number of benzene rings is 1. The van der Waals surface area contributed by atoms with E-state index in [0.717, 1.165) is 6.07 Å². The van der Waals surface area contributed by atoms with E-state index in [1.54, 1.807) is 0 Å². The van der Waals surface area contributed by atoms with E-state index in [1.807, 2.05) is 5.32 Å². The number of nitrogens with one attached hydrogen (secondary N) is 1. The molecule has 0 aliphatic heterocycles. The first-order valence-electron chi connectivity index (χ1n) is 5.75. The number of rotatable bonds is 6. The molecule has 1 unspecified atom stereocenters. The lowest BCUT2D eigenvalue weighted by molar-refractivity contribution is -0.383. The molecule has 0 spiro atoms. The third-order valence-corrected chi connectivity index (χ3v) is 3.17. The second-order valence-electron chi connectivity index (χ2n) is 3.76. The van der Waals surface area contributed by atoms with Crippen LogP contribution in [-0.4, -0.2) is 29.4 Å². The van der Waals surface area contributed by atoms with E-state index in [-0.39, 0.29) is 17.3 Å². The average molecular weight is 350 g/mol. The molecule has 0 saturated heterocycles. The van der Waals surface area contributed by atoms with Crippen LogP contribution in [0.5, 0.6) is 0 Å². The Bertz CT molecular complexity index is 636. The summed E-state index contributed by atoms with van der Waals surface area (Å²) in [5.41, 5.74) is -1.00. The molecule has 0 bridgehead atoms. The Morgan fingerprint density at radius 2 is 2.09 bits per heavy atom. The maximum atomic E-state index is 11.8. The SMILES string of the molecule is CCOC(=O)C(N=O)C(=O)Nc1ccc(Cl)c(Cl)c1[N+](=O)[O-]. The molecule has 11 heteroatoms. The standard InChI is InChI=1S/C11H9Cl2N3O6/c1-2-22-11(18)8(15-19)10(17)14-6-4-3-5(12)7(13)9(6)16(20)21/h3-4,8H,2H2,1H3,(H,14,17). The molecule has 0 fully saturated rings. The van der Waals surface area contributed by atoms with E-state index in [1.165, 1.54) is 13.0 Å². The van der Waals surface area contributed by atoms with Gasteiger partial charge in [0.15, 0.2) is 0 Å². The highest BCUT2D eigenvalue weighted by atomic mass is 35.5. The Kier molecular flexibility index (Phi) is 6.20. The normalized spacial score (nSPS) is 11.4. The molecule has 1 rings (SSSR count). The molecule has 0 heterocycles. The van der Waals surface area contributed by atoms with Gasteiger partial charge in [0.05, 0.1) is 16.6 Å². The zero-order valence-electron chi connectivity index (χ0n) is 11.0. The molecule has 0 aliphatic carbocycles. The third-order valence-electron chi connectivity index (χ3n) is 2.37. The van der Waals surface area contributed by atoms with E-state index < -0.39 is 33.6 Å². The molecule has 1 aromatic rings. The fourth-order valence-electron chi connectivity index (χ4n) is 1.44. The number of nitro groups is 1. The van der Waals surface area contributed by atoms with Crippen molar-refractivity contribution < 1.29 is 19.2 Å². The summed E-state index contributed by atoms with van der Waals surface area (Å²) in [6, 6.07) is 0.325. The second-order valence-corrected chi connectivity index (χ2v) is 4.55. The fourth-order valence-corrected chi connectivity index (χ4v) is 1.83. The van der Waals surface area contributed by atoms with Gasteiger partial charge in [-0.15, -0.1) is 4.91 Å². The van der Waals surface area contributed by atoms with Crippen molar-refractivity contribution in [2.75, 3.05) is 11.9 Å². The summed E-state index contributed by atoms with van der Waals surface area (Å²) in [7, 11) is 0. The predicted octanol–water partition coefficient (Wildman–Crippen LogP) is 2.54. The molecule has 22 heavy (non-hydrogen) atoms. The summed E-state index contributed by atoms with van der Waals surface area (Å²) >= 11 is 11.4. The van der Waals surface area contributed by atoms with Gasteiger partial charge >= 0.3 is 11.7 Å². The summed E-state index contributed by atoms with van der Waals surface area (Å²) < 4.78 is 4.50. The van der Waals surface area contributed by atoms with Crippen LogP contribution in [0, 0.1) is 15.0 Å². The van der Waals surface area contributed by atoms with Crippen molar-refractivity contribution in [3.8, 4) is 0 Å². The number of amides is 1. The molecule has 0 radical (unpaired) electrons. The Balaban J connectivity index is 3.11. The summed E-state index contributed by atoms with van der Waals surface area (Å²) in [5.74, 6) is -2.35. The van der Waals surface area contributed by atoms with Gasteiger partial charge in [0.2, 0.25) is 0 Å². The van der Waals surface area contributed by atoms with Gasteiger partial charge in [-0.05, 0) is 24.2 Å². The van der Waals surface area contributed by atoms with E-state index in [2.05, 4.69) is 9.91 Å². The number of nitrogens with zero attached hydrogens (tertiary/aromatic N) is 2. The Labute approximate surface area is 133 Å². The molecular formula is C11H9Cl2N3O6. The highest BCUT2D eigenvalue weighted by Gasteiger charge is 2.32. The minimum atomic E-state index is -1.99. The van der Waals surface area contributed by atoms with Crippen molar-refractivity contribution >= 4 is 46.5 Å². The van der Waals surface area contributed by atoms with Crippen LogP contribution < -0.4 is 5.32 Å². The number of anilines is 1. The number of halogens is 2. The lowest BCUT2D eigenvalue weighted by atomic mass is 10.2. The average Bonchev–Trinajstić information content (AvgIpc) is 2.43. The van der Waals surface area contributed by atoms with E-state index in [4.69, 9.17) is 23.2 Å². The van der Waals surface area contributed by atoms with Crippen molar-refractivity contribution in [3.05, 3.63) is 37.2 Å². The zero-order valence-corrected chi connectivity index (χ0v) is 12.6. The van der Waals surface area contributed by atoms with E-state index >= 15 is 0 Å². The zero-order chi connectivity index (χ0) is 16.9. The summed E-state index contributed by atoms with van der Waals surface area (Å²) in [4.78, 5) is 43.9. The number of nitro benzene ring substituents is 1. The number of hydrogen-bond acceptors (Lipinski definition) is 7. The van der Waals surface area contributed by atoms with E-state index in [9.17, 15) is 24.6 Å². The van der Waals surface area contributed by atoms with Crippen LogP contribution in [0.3, 0.4) is 0 Å². The van der Waals surface area contributed by atoms with Crippen LogP contribution >= 0.6 is 23.2 Å². The molecule has 9 nitrogen and oxygen atoms in total. The van der Waals surface area contributed by atoms with Crippen LogP contribution in [0.1, 0.15) is 6.92 Å². The second kappa shape index (κ2) is 7.66. The third kappa shape index (κ3) is 3.89. The molecule has 1 aromatic carbocycles. The highest BCUT2D eigenvalue weighted by molar-refractivity contribution is 6.43. The smallest absolute Gasteiger partial charge is 0.344 e.